The van der Waals surface area contributed by atoms with E-state index in [1.54, 1.807) is 0 Å². The van der Waals surface area contributed by atoms with E-state index in [2.05, 4.69) is 35.1 Å². The molecule has 1 saturated carbocycles. The molecule has 4 heteroatoms. The molecule has 1 heterocycles. The van der Waals surface area contributed by atoms with E-state index in [4.69, 9.17) is 0 Å². The van der Waals surface area contributed by atoms with Gasteiger partial charge in [0.2, 0.25) is 0 Å². The lowest BCUT2D eigenvalue weighted by Gasteiger charge is -2.27. The lowest BCUT2D eigenvalue weighted by molar-refractivity contribution is 0.0914. The zero-order valence-electron chi connectivity index (χ0n) is 10.5. The van der Waals surface area contributed by atoms with Crippen LogP contribution in [0, 0.1) is 12.3 Å². The molecule has 2 nitrogen and oxygen atoms in total. The summed E-state index contributed by atoms with van der Waals surface area (Å²) in [6.45, 7) is 6.48. The number of hydrogen-bond acceptors (Lipinski definition) is 2. The molecule has 17 heavy (non-hydrogen) atoms. The minimum Gasteiger partial charge on any atom is -0.348 e. The second-order valence-corrected chi connectivity index (χ2v) is 7.84. The van der Waals surface area contributed by atoms with Crippen LogP contribution in [0.25, 0.3) is 0 Å². The Morgan fingerprint density at radius 2 is 2.29 bits per heavy atom. The highest BCUT2D eigenvalue weighted by molar-refractivity contribution is 9.11. The van der Waals surface area contributed by atoms with Gasteiger partial charge in [0, 0.05) is 6.04 Å². The molecule has 0 aliphatic heterocycles. The predicted molar refractivity (Wildman–Crippen MR) is 75.6 cm³/mol. The summed E-state index contributed by atoms with van der Waals surface area (Å²) in [6, 6.07) is 2.27. The van der Waals surface area contributed by atoms with Crippen LogP contribution in [0.15, 0.2) is 9.85 Å². The Morgan fingerprint density at radius 1 is 1.59 bits per heavy atom. The number of aryl methyl sites for hydroxylation is 1. The largest absolute Gasteiger partial charge is 0.348 e. The zero-order valence-corrected chi connectivity index (χ0v) is 12.9. The number of amides is 1. The van der Waals surface area contributed by atoms with Crippen molar-refractivity contribution >= 4 is 33.2 Å². The first kappa shape index (κ1) is 13.1. The molecule has 1 aromatic heterocycles. The molecular formula is C13H18BrNOS. The van der Waals surface area contributed by atoms with E-state index in [-0.39, 0.29) is 11.3 Å². The number of halogens is 1. The van der Waals surface area contributed by atoms with Crippen molar-refractivity contribution < 1.29 is 4.79 Å². The lowest BCUT2D eigenvalue weighted by atomic mass is 9.87. The van der Waals surface area contributed by atoms with Gasteiger partial charge in [0.25, 0.3) is 5.91 Å². The topological polar surface area (TPSA) is 29.1 Å². The predicted octanol–water partition coefficient (Wildman–Crippen LogP) is 4.13. The van der Waals surface area contributed by atoms with Gasteiger partial charge in [-0.05, 0) is 52.7 Å². The van der Waals surface area contributed by atoms with Gasteiger partial charge in [-0.25, -0.2) is 0 Å². The molecule has 1 amide bonds. The molecule has 0 saturated heterocycles. The van der Waals surface area contributed by atoms with Crippen molar-refractivity contribution in [1.29, 1.82) is 0 Å². The molecule has 2 rings (SSSR count). The maximum Gasteiger partial charge on any atom is 0.261 e. The van der Waals surface area contributed by atoms with Gasteiger partial charge in [-0.3, -0.25) is 4.79 Å². The maximum atomic E-state index is 12.1. The Bertz CT molecular complexity index is 419. The first-order valence-electron chi connectivity index (χ1n) is 5.97. The summed E-state index contributed by atoms with van der Waals surface area (Å²) >= 11 is 4.97. The summed E-state index contributed by atoms with van der Waals surface area (Å²) in [6.07, 6.45) is 3.51. The van der Waals surface area contributed by atoms with Gasteiger partial charge >= 0.3 is 0 Å². The summed E-state index contributed by atoms with van der Waals surface area (Å²) < 4.78 is 1.05. The first-order valence-corrected chi connectivity index (χ1v) is 7.58. The maximum absolute atomic E-state index is 12.1. The minimum atomic E-state index is 0.0729. The fourth-order valence-electron chi connectivity index (χ4n) is 2.40. The Labute approximate surface area is 115 Å². The van der Waals surface area contributed by atoms with Crippen molar-refractivity contribution in [2.24, 2.45) is 5.41 Å². The average Bonchev–Trinajstić information content (AvgIpc) is 2.72. The van der Waals surface area contributed by atoms with Crippen molar-refractivity contribution in [3.63, 3.8) is 0 Å². The van der Waals surface area contributed by atoms with Crippen LogP contribution in [0.1, 0.15) is 48.3 Å². The average molecular weight is 316 g/mol. The lowest BCUT2D eigenvalue weighted by Crippen LogP contribution is -2.41. The molecule has 0 aromatic carbocycles. The molecule has 1 N–H and O–H groups in total. The standard InChI is InChI=1S/C13H18BrNOS/c1-8-7-9(17-11(8)14)12(16)15-10-5-4-6-13(10,2)3/h7,10H,4-6H2,1-3H3,(H,15,16). The van der Waals surface area contributed by atoms with E-state index in [1.165, 1.54) is 24.2 Å². The third-order valence-electron chi connectivity index (χ3n) is 3.64. The van der Waals surface area contributed by atoms with Crippen molar-refractivity contribution in [2.75, 3.05) is 0 Å². The van der Waals surface area contributed by atoms with Crippen LogP contribution >= 0.6 is 27.3 Å². The summed E-state index contributed by atoms with van der Waals surface area (Å²) in [4.78, 5) is 12.9. The molecule has 1 atom stereocenters. The monoisotopic (exact) mass is 315 g/mol. The highest BCUT2D eigenvalue weighted by Gasteiger charge is 2.35. The molecule has 0 radical (unpaired) electrons. The highest BCUT2D eigenvalue weighted by Crippen LogP contribution is 2.37. The molecule has 94 valence electrons. The third kappa shape index (κ3) is 2.74. The highest BCUT2D eigenvalue weighted by atomic mass is 79.9. The first-order chi connectivity index (χ1) is 7.90. The van der Waals surface area contributed by atoms with E-state index in [9.17, 15) is 4.79 Å². The summed E-state index contributed by atoms with van der Waals surface area (Å²) in [5, 5.41) is 3.18. The summed E-state index contributed by atoms with van der Waals surface area (Å²) in [5.74, 6) is 0.0729. The number of carbonyl (C=O) groups is 1. The quantitative estimate of drug-likeness (QED) is 0.873. The van der Waals surface area contributed by atoms with Crippen LogP contribution < -0.4 is 5.32 Å². The van der Waals surface area contributed by atoms with Crippen LogP contribution in [0.2, 0.25) is 0 Å². The molecule has 1 aliphatic carbocycles. The van der Waals surface area contributed by atoms with Crippen molar-refractivity contribution in [3.05, 3.63) is 20.3 Å². The number of nitrogens with one attached hydrogen (secondary N) is 1. The van der Waals surface area contributed by atoms with Crippen LogP contribution in [-0.4, -0.2) is 11.9 Å². The Kier molecular flexibility index (Phi) is 3.64. The van der Waals surface area contributed by atoms with E-state index >= 15 is 0 Å². The van der Waals surface area contributed by atoms with Gasteiger partial charge in [0.15, 0.2) is 0 Å². The summed E-state index contributed by atoms with van der Waals surface area (Å²) in [5.41, 5.74) is 1.37. The molecular weight excluding hydrogens is 298 g/mol. The molecule has 1 aromatic rings. The zero-order chi connectivity index (χ0) is 12.6. The fraction of sp³-hybridized carbons (Fsp3) is 0.615. The summed E-state index contributed by atoms with van der Waals surface area (Å²) in [7, 11) is 0. The van der Waals surface area contributed by atoms with Gasteiger partial charge in [0.05, 0.1) is 8.66 Å². The number of rotatable bonds is 2. The Balaban J connectivity index is 2.07. The van der Waals surface area contributed by atoms with Crippen molar-refractivity contribution in [1.82, 2.24) is 5.32 Å². The molecule has 1 fully saturated rings. The van der Waals surface area contributed by atoms with Crippen LogP contribution in [0.3, 0.4) is 0 Å². The van der Waals surface area contributed by atoms with Gasteiger partial charge in [0.1, 0.15) is 0 Å². The van der Waals surface area contributed by atoms with Gasteiger partial charge < -0.3 is 5.32 Å². The third-order valence-corrected chi connectivity index (χ3v) is 5.78. The van der Waals surface area contributed by atoms with E-state index in [0.717, 1.165) is 20.6 Å². The number of carbonyl (C=O) groups excluding carboxylic acids is 1. The molecule has 0 spiro atoms. The van der Waals surface area contributed by atoms with Crippen LogP contribution in [0.5, 0.6) is 0 Å². The van der Waals surface area contributed by atoms with Crippen LogP contribution in [-0.2, 0) is 0 Å². The van der Waals surface area contributed by atoms with E-state index in [1.807, 2.05) is 13.0 Å². The molecule has 1 unspecified atom stereocenters. The molecule has 1 aliphatic rings. The van der Waals surface area contributed by atoms with Gasteiger partial charge in [-0.2, -0.15) is 0 Å². The van der Waals surface area contributed by atoms with E-state index < -0.39 is 0 Å². The number of hydrogen-bond donors (Lipinski definition) is 1. The smallest absolute Gasteiger partial charge is 0.261 e. The number of thiophene rings is 1. The van der Waals surface area contributed by atoms with Gasteiger partial charge in [-0.15, -0.1) is 11.3 Å². The van der Waals surface area contributed by atoms with Crippen molar-refractivity contribution in [2.45, 2.75) is 46.1 Å². The van der Waals surface area contributed by atoms with Crippen molar-refractivity contribution in [3.8, 4) is 0 Å². The van der Waals surface area contributed by atoms with Gasteiger partial charge in [-0.1, -0.05) is 20.3 Å². The Morgan fingerprint density at radius 3 is 2.76 bits per heavy atom. The second kappa shape index (κ2) is 4.73. The molecule has 0 bridgehead atoms. The van der Waals surface area contributed by atoms with E-state index in [0.29, 0.717) is 6.04 Å². The fourth-order valence-corrected chi connectivity index (χ4v) is 3.83. The Hall–Kier alpha value is -0.350. The van der Waals surface area contributed by atoms with Crippen LogP contribution in [0.4, 0.5) is 0 Å². The SMILES string of the molecule is Cc1cc(C(=O)NC2CCCC2(C)C)sc1Br. The normalized spacial score (nSPS) is 22.7. The minimum absolute atomic E-state index is 0.0729. The second-order valence-electron chi connectivity index (χ2n) is 5.47.